The molecule has 2 aromatic rings. The molecule has 28 heavy (non-hydrogen) atoms. The van der Waals surface area contributed by atoms with Crippen molar-refractivity contribution >= 4 is 17.2 Å². The van der Waals surface area contributed by atoms with Gasteiger partial charge in [-0.15, -0.1) is 11.3 Å². The van der Waals surface area contributed by atoms with Crippen LogP contribution in [0, 0.1) is 6.92 Å². The molecule has 4 nitrogen and oxygen atoms in total. The zero-order valence-electron chi connectivity index (χ0n) is 17.1. The van der Waals surface area contributed by atoms with Crippen molar-refractivity contribution in [2.75, 3.05) is 26.2 Å². The second kappa shape index (κ2) is 8.75. The van der Waals surface area contributed by atoms with E-state index in [0.29, 0.717) is 6.04 Å². The smallest absolute Gasteiger partial charge is 0.265 e. The van der Waals surface area contributed by atoms with E-state index in [9.17, 15) is 4.79 Å². The molecule has 0 unspecified atom stereocenters. The highest BCUT2D eigenvalue weighted by Crippen LogP contribution is 2.30. The van der Waals surface area contributed by atoms with Gasteiger partial charge in [-0.25, -0.2) is 4.98 Å². The fourth-order valence-electron chi connectivity index (χ4n) is 4.46. The highest BCUT2D eigenvalue weighted by molar-refractivity contribution is 7.17. The predicted molar refractivity (Wildman–Crippen MR) is 116 cm³/mol. The van der Waals surface area contributed by atoms with E-state index in [-0.39, 0.29) is 5.91 Å². The Balaban J connectivity index is 1.41. The summed E-state index contributed by atoms with van der Waals surface area (Å²) in [5, 5.41) is 0.951. The first kappa shape index (κ1) is 19.6. The van der Waals surface area contributed by atoms with Crippen molar-refractivity contribution in [3.63, 3.8) is 0 Å². The number of carbonyl (C=O) groups excluding carboxylic acids is 1. The van der Waals surface area contributed by atoms with Crippen LogP contribution in [0.1, 0.15) is 60.0 Å². The quantitative estimate of drug-likeness (QED) is 0.745. The van der Waals surface area contributed by atoms with E-state index in [0.717, 1.165) is 53.5 Å². The van der Waals surface area contributed by atoms with Crippen LogP contribution in [0.15, 0.2) is 24.3 Å². The number of aryl methyl sites for hydroxylation is 2. The average Bonchev–Trinajstić information content (AvgIpc) is 3.15. The molecule has 0 bridgehead atoms. The van der Waals surface area contributed by atoms with Crippen LogP contribution >= 0.6 is 11.3 Å². The van der Waals surface area contributed by atoms with Gasteiger partial charge in [0.2, 0.25) is 0 Å². The lowest BCUT2D eigenvalue weighted by molar-refractivity contribution is 0.0593. The lowest BCUT2D eigenvalue weighted by atomic mass is 10.00. The van der Waals surface area contributed by atoms with E-state index in [4.69, 9.17) is 4.98 Å². The summed E-state index contributed by atoms with van der Waals surface area (Å²) in [4.78, 5) is 23.3. The summed E-state index contributed by atoms with van der Waals surface area (Å²) in [6.45, 7) is 8.36. The van der Waals surface area contributed by atoms with Gasteiger partial charge in [0.25, 0.3) is 5.91 Å². The number of aromatic nitrogens is 1. The summed E-state index contributed by atoms with van der Waals surface area (Å²) in [5.74, 6) is 0.170. The van der Waals surface area contributed by atoms with Gasteiger partial charge in [0.15, 0.2) is 0 Å². The molecule has 2 aliphatic rings. The SMILES string of the molecule is CCc1ccc(-c2nc(C)c(C(=O)N3CCC(N4CCCCC4)CC3)s2)cc1. The lowest BCUT2D eigenvalue weighted by Crippen LogP contribution is -2.48. The molecule has 1 aromatic carbocycles. The van der Waals surface area contributed by atoms with E-state index >= 15 is 0 Å². The Morgan fingerprint density at radius 2 is 1.75 bits per heavy atom. The Kier molecular flexibility index (Phi) is 6.12. The molecule has 3 heterocycles. The molecule has 1 aromatic heterocycles. The van der Waals surface area contributed by atoms with Gasteiger partial charge in [-0.3, -0.25) is 4.79 Å². The number of piperidine rings is 2. The maximum Gasteiger partial charge on any atom is 0.265 e. The summed E-state index contributed by atoms with van der Waals surface area (Å²) in [7, 11) is 0. The van der Waals surface area contributed by atoms with Crippen molar-refractivity contribution in [3.8, 4) is 10.6 Å². The van der Waals surface area contributed by atoms with Crippen molar-refractivity contribution in [3.05, 3.63) is 40.4 Å². The Hall–Kier alpha value is -1.72. The first-order valence-corrected chi connectivity index (χ1v) is 11.6. The molecule has 0 spiro atoms. The number of likely N-dealkylation sites (tertiary alicyclic amines) is 2. The maximum absolute atomic E-state index is 13.1. The van der Waals surface area contributed by atoms with Crippen LogP contribution in [0.3, 0.4) is 0 Å². The number of amides is 1. The molecule has 0 N–H and O–H groups in total. The Bertz CT molecular complexity index is 800. The zero-order chi connectivity index (χ0) is 19.5. The van der Waals surface area contributed by atoms with Crippen molar-refractivity contribution < 1.29 is 4.79 Å². The highest BCUT2D eigenvalue weighted by atomic mass is 32.1. The summed E-state index contributed by atoms with van der Waals surface area (Å²) in [6, 6.07) is 9.21. The first-order chi connectivity index (χ1) is 13.7. The second-order valence-corrected chi connectivity index (χ2v) is 9.10. The third-order valence-corrected chi connectivity index (χ3v) is 7.45. The van der Waals surface area contributed by atoms with Gasteiger partial charge in [0.05, 0.1) is 5.69 Å². The van der Waals surface area contributed by atoms with Crippen LogP contribution in [-0.4, -0.2) is 52.9 Å². The molecule has 5 heteroatoms. The Morgan fingerprint density at radius 3 is 2.39 bits per heavy atom. The molecular weight excluding hydrogens is 366 g/mol. The molecule has 0 aliphatic carbocycles. The number of hydrogen-bond donors (Lipinski definition) is 0. The van der Waals surface area contributed by atoms with E-state index in [2.05, 4.69) is 36.1 Å². The van der Waals surface area contributed by atoms with Crippen molar-refractivity contribution in [2.45, 2.75) is 58.4 Å². The number of thiazole rings is 1. The van der Waals surface area contributed by atoms with Crippen LogP contribution in [0.2, 0.25) is 0 Å². The molecule has 2 fully saturated rings. The normalized spacial score (nSPS) is 19.1. The fourth-order valence-corrected chi connectivity index (χ4v) is 5.50. The second-order valence-electron chi connectivity index (χ2n) is 8.10. The molecule has 4 rings (SSSR count). The standard InChI is InChI=1S/C23H31N3OS/c1-3-18-7-9-19(10-8-18)22-24-17(2)21(28-22)23(27)26-15-11-20(12-16-26)25-13-5-4-6-14-25/h7-10,20H,3-6,11-16H2,1-2H3. The fraction of sp³-hybridized carbons (Fsp3) is 0.565. The molecule has 0 radical (unpaired) electrons. The van der Waals surface area contributed by atoms with E-state index in [1.807, 2.05) is 11.8 Å². The minimum absolute atomic E-state index is 0.170. The monoisotopic (exact) mass is 397 g/mol. The number of hydrogen-bond acceptors (Lipinski definition) is 4. The van der Waals surface area contributed by atoms with Gasteiger partial charge >= 0.3 is 0 Å². The van der Waals surface area contributed by atoms with Gasteiger partial charge in [0.1, 0.15) is 9.88 Å². The minimum Gasteiger partial charge on any atom is -0.338 e. The van der Waals surface area contributed by atoms with E-state index in [1.54, 1.807) is 11.3 Å². The van der Waals surface area contributed by atoms with Crippen molar-refractivity contribution in [1.82, 2.24) is 14.8 Å². The maximum atomic E-state index is 13.1. The molecule has 0 saturated carbocycles. The molecule has 2 aliphatic heterocycles. The molecular formula is C23H31N3OS. The van der Waals surface area contributed by atoms with Gasteiger partial charge in [-0.05, 0) is 57.7 Å². The van der Waals surface area contributed by atoms with Gasteiger partial charge in [-0.1, -0.05) is 37.6 Å². The predicted octanol–water partition coefficient (Wildman–Crippen LogP) is 4.77. The zero-order valence-corrected chi connectivity index (χ0v) is 17.9. The number of carbonyl (C=O) groups is 1. The molecule has 1 amide bonds. The number of nitrogens with zero attached hydrogens (tertiary/aromatic N) is 3. The van der Waals surface area contributed by atoms with Crippen LogP contribution in [0.25, 0.3) is 10.6 Å². The lowest BCUT2D eigenvalue weighted by Gasteiger charge is -2.40. The van der Waals surface area contributed by atoms with Crippen molar-refractivity contribution in [2.24, 2.45) is 0 Å². The largest absolute Gasteiger partial charge is 0.338 e. The minimum atomic E-state index is 0.170. The average molecular weight is 398 g/mol. The van der Waals surface area contributed by atoms with E-state index < -0.39 is 0 Å². The van der Waals surface area contributed by atoms with Crippen LogP contribution in [-0.2, 0) is 6.42 Å². The number of benzene rings is 1. The van der Waals surface area contributed by atoms with Gasteiger partial charge < -0.3 is 9.80 Å². The van der Waals surface area contributed by atoms with Crippen LogP contribution < -0.4 is 0 Å². The van der Waals surface area contributed by atoms with E-state index in [1.165, 1.54) is 37.9 Å². The van der Waals surface area contributed by atoms with Crippen LogP contribution in [0.5, 0.6) is 0 Å². The highest BCUT2D eigenvalue weighted by Gasteiger charge is 2.29. The summed E-state index contributed by atoms with van der Waals surface area (Å²) < 4.78 is 0. The summed E-state index contributed by atoms with van der Waals surface area (Å²) >= 11 is 1.54. The van der Waals surface area contributed by atoms with Gasteiger partial charge in [0, 0.05) is 24.7 Å². The third kappa shape index (κ3) is 4.15. The van der Waals surface area contributed by atoms with Crippen LogP contribution in [0.4, 0.5) is 0 Å². The Morgan fingerprint density at radius 1 is 1.07 bits per heavy atom. The first-order valence-electron chi connectivity index (χ1n) is 10.8. The topological polar surface area (TPSA) is 36.4 Å². The molecule has 2 saturated heterocycles. The molecule has 0 atom stereocenters. The van der Waals surface area contributed by atoms with Crippen molar-refractivity contribution in [1.29, 1.82) is 0 Å². The third-order valence-electron chi connectivity index (χ3n) is 6.26. The molecule has 150 valence electrons. The Labute approximate surface area is 172 Å². The summed E-state index contributed by atoms with van der Waals surface area (Å²) in [5.41, 5.74) is 3.29. The number of rotatable bonds is 4. The summed E-state index contributed by atoms with van der Waals surface area (Å²) in [6.07, 6.45) is 7.29. The van der Waals surface area contributed by atoms with Gasteiger partial charge in [-0.2, -0.15) is 0 Å².